The van der Waals surface area contributed by atoms with E-state index in [9.17, 15) is 22.8 Å². The van der Waals surface area contributed by atoms with E-state index in [0.717, 1.165) is 25.0 Å². The lowest BCUT2D eigenvalue weighted by molar-refractivity contribution is -0.274. The van der Waals surface area contributed by atoms with E-state index >= 15 is 0 Å². The zero-order valence-corrected chi connectivity index (χ0v) is 16.9. The number of rotatable bonds is 6. The van der Waals surface area contributed by atoms with Gasteiger partial charge in [-0.3, -0.25) is 9.59 Å². The quantitative estimate of drug-likeness (QED) is 0.624. The van der Waals surface area contributed by atoms with Crippen LogP contribution in [0, 0.1) is 0 Å². The van der Waals surface area contributed by atoms with Gasteiger partial charge in [-0.25, -0.2) is 4.98 Å². The number of alkyl halides is 3. The number of hydrogen-bond acceptors (Lipinski definition) is 5. The predicted octanol–water partition coefficient (Wildman–Crippen LogP) is 3.64. The maximum atomic E-state index is 13.2. The Bertz CT molecular complexity index is 1160. The minimum atomic E-state index is -4.81. The van der Waals surface area contributed by atoms with Gasteiger partial charge in [0.15, 0.2) is 0 Å². The highest BCUT2D eigenvalue weighted by Crippen LogP contribution is 2.24. The summed E-state index contributed by atoms with van der Waals surface area (Å²) in [5, 5.41) is 0.438. The molecule has 7 nitrogen and oxygen atoms in total. The number of fused-ring (bicyclic) bond motifs is 1. The largest absolute Gasteiger partial charge is 0.573 e. The Morgan fingerprint density at radius 3 is 2.62 bits per heavy atom. The maximum absolute atomic E-state index is 13.2. The van der Waals surface area contributed by atoms with Crippen molar-refractivity contribution in [2.45, 2.75) is 31.9 Å². The molecule has 1 fully saturated rings. The van der Waals surface area contributed by atoms with Gasteiger partial charge in [0, 0.05) is 18.7 Å². The molecule has 3 aromatic rings. The fourth-order valence-electron chi connectivity index (χ4n) is 3.63. The number of H-pyrrole nitrogens is 1. The van der Waals surface area contributed by atoms with Crippen molar-refractivity contribution in [3.05, 3.63) is 70.3 Å². The molecule has 2 heterocycles. The molecule has 4 rings (SSSR count). The highest BCUT2D eigenvalue weighted by atomic mass is 19.4. The number of hydrogen-bond donors (Lipinski definition) is 1. The second kappa shape index (κ2) is 8.99. The fourth-order valence-corrected chi connectivity index (χ4v) is 3.63. The Labute approximate surface area is 180 Å². The molecule has 1 atom stereocenters. The number of benzene rings is 2. The first-order valence-electron chi connectivity index (χ1n) is 10.0. The standard InChI is InChI=1S/C22H20F3N3O4/c23-22(24,25)32-15-9-7-14(8-10-15)21(30)28(12-16-4-3-11-31-16)13-19-26-18-6-2-1-5-17(18)20(29)27-19/h1-2,5-10,16H,3-4,11-13H2,(H,26,27,29). The highest BCUT2D eigenvalue weighted by molar-refractivity contribution is 5.94. The molecule has 0 aliphatic carbocycles. The van der Waals surface area contributed by atoms with Gasteiger partial charge < -0.3 is 19.4 Å². The number of nitrogens with zero attached hydrogens (tertiary/aromatic N) is 2. The predicted molar refractivity (Wildman–Crippen MR) is 109 cm³/mol. The molecule has 0 radical (unpaired) electrons. The molecule has 1 N–H and O–H groups in total. The summed E-state index contributed by atoms with van der Waals surface area (Å²) in [6.07, 6.45) is -3.32. The van der Waals surface area contributed by atoms with Crippen molar-refractivity contribution >= 4 is 16.8 Å². The monoisotopic (exact) mass is 447 g/mol. The molecule has 0 bridgehead atoms. The van der Waals surface area contributed by atoms with Crippen LogP contribution in [0.15, 0.2) is 53.3 Å². The Morgan fingerprint density at radius 2 is 1.94 bits per heavy atom. The highest BCUT2D eigenvalue weighted by Gasteiger charge is 2.31. The minimum absolute atomic E-state index is 0.0135. The van der Waals surface area contributed by atoms with Crippen molar-refractivity contribution in [1.29, 1.82) is 0 Å². The van der Waals surface area contributed by atoms with E-state index in [0.29, 0.717) is 23.3 Å². The number of amides is 1. The minimum Gasteiger partial charge on any atom is -0.406 e. The molecule has 168 valence electrons. The summed E-state index contributed by atoms with van der Waals surface area (Å²) in [5.74, 6) is -0.535. The van der Waals surface area contributed by atoms with Gasteiger partial charge in [-0.1, -0.05) is 12.1 Å². The molecule has 1 saturated heterocycles. The maximum Gasteiger partial charge on any atom is 0.573 e. The van der Waals surface area contributed by atoms with Crippen LogP contribution in [0.1, 0.15) is 29.0 Å². The van der Waals surface area contributed by atoms with Gasteiger partial charge >= 0.3 is 6.36 Å². The normalized spacial score (nSPS) is 16.3. The van der Waals surface area contributed by atoms with Crippen LogP contribution in [0.2, 0.25) is 0 Å². The molecule has 2 aromatic carbocycles. The van der Waals surface area contributed by atoms with Crippen LogP contribution in [0.4, 0.5) is 13.2 Å². The number of carbonyl (C=O) groups is 1. The van der Waals surface area contributed by atoms with Gasteiger partial charge in [-0.05, 0) is 49.2 Å². The molecule has 1 amide bonds. The molecule has 1 aliphatic rings. The van der Waals surface area contributed by atoms with Crippen LogP contribution in [0.3, 0.4) is 0 Å². The van der Waals surface area contributed by atoms with Gasteiger partial charge in [0.1, 0.15) is 11.6 Å². The average Bonchev–Trinajstić information content (AvgIpc) is 3.25. The molecule has 1 aliphatic heterocycles. The molecule has 0 spiro atoms. The molecule has 0 saturated carbocycles. The lowest BCUT2D eigenvalue weighted by Gasteiger charge is -2.25. The number of ether oxygens (including phenoxy) is 2. The molecule has 10 heteroatoms. The van der Waals surface area contributed by atoms with Crippen molar-refractivity contribution in [2.75, 3.05) is 13.2 Å². The third kappa shape index (κ3) is 5.25. The molecule has 1 aromatic heterocycles. The number of carbonyl (C=O) groups excluding carboxylic acids is 1. The number of para-hydroxylation sites is 1. The number of halogens is 3. The summed E-state index contributed by atoms with van der Waals surface area (Å²) in [4.78, 5) is 34.2. The van der Waals surface area contributed by atoms with Crippen LogP contribution < -0.4 is 10.3 Å². The first kappa shape index (κ1) is 21.8. The van der Waals surface area contributed by atoms with E-state index in [1.807, 2.05) is 0 Å². The Morgan fingerprint density at radius 1 is 1.19 bits per heavy atom. The van der Waals surface area contributed by atoms with E-state index < -0.39 is 18.0 Å². The first-order valence-corrected chi connectivity index (χ1v) is 10.0. The van der Waals surface area contributed by atoms with Crippen molar-refractivity contribution in [2.24, 2.45) is 0 Å². The lowest BCUT2D eigenvalue weighted by Crippen LogP contribution is -2.37. The first-order chi connectivity index (χ1) is 15.3. The average molecular weight is 447 g/mol. The van der Waals surface area contributed by atoms with E-state index in [1.54, 1.807) is 24.3 Å². The van der Waals surface area contributed by atoms with Crippen LogP contribution >= 0.6 is 0 Å². The SMILES string of the molecule is O=C(c1ccc(OC(F)(F)F)cc1)N(Cc1nc2ccccc2c(=O)[nH]1)CC1CCCO1. The van der Waals surface area contributed by atoms with Crippen LogP contribution in [0.25, 0.3) is 10.9 Å². The second-order valence-electron chi connectivity index (χ2n) is 7.42. The van der Waals surface area contributed by atoms with Crippen molar-refractivity contribution in [3.63, 3.8) is 0 Å². The molecular weight excluding hydrogens is 427 g/mol. The zero-order valence-electron chi connectivity index (χ0n) is 16.9. The third-order valence-corrected chi connectivity index (χ3v) is 5.07. The number of aromatic amines is 1. The summed E-state index contributed by atoms with van der Waals surface area (Å²) in [6.45, 7) is 0.872. The summed E-state index contributed by atoms with van der Waals surface area (Å²) < 4.78 is 46.7. The molecule has 32 heavy (non-hydrogen) atoms. The topological polar surface area (TPSA) is 84.5 Å². The van der Waals surface area contributed by atoms with Crippen LogP contribution in [0.5, 0.6) is 5.75 Å². The van der Waals surface area contributed by atoms with Gasteiger partial charge in [0.2, 0.25) is 0 Å². The van der Waals surface area contributed by atoms with E-state index in [1.165, 1.54) is 17.0 Å². The van der Waals surface area contributed by atoms with Gasteiger partial charge in [-0.15, -0.1) is 13.2 Å². The summed E-state index contributed by atoms with van der Waals surface area (Å²) in [7, 11) is 0. The molecule has 1 unspecified atom stereocenters. The Kier molecular flexibility index (Phi) is 6.13. The van der Waals surface area contributed by atoms with E-state index in [2.05, 4.69) is 14.7 Å². The Hall–Kier alpha value is -3.40. The van der Waals surface area contributed by atoms with Crippen LogP contribution in [-0.2, 0) is 11.3 Å². The van der Waals surface area contributed by atoms with Crippen molar-refractivity contribution in [1.82, 2.24) is 14.9 Å². The zero-order chi connectivity index (χ0) is 22.7. The second-order valence-corrected chi connectivity index (χ2v) is 7.42. The third-order valence-electron chi connectivity index (χ3n) is 5.07. The van der Waals surface area contributed by atoms with Crippen molar-refractivity contribution < 1.29 is 27.4 Å². The Balaban J connectivity index is 1.59. The van der Waals surface area contributed by atoms with Crippen LogP contribution in [-0.4, -0.2) is 46.4 Å². The summed E-state index contributed by atoms with van der Waals surface area (Å²) >= 11 is 0. The summed E-state index contributed by atoms with van der Waals surface area (Å²) in [6, 6.07) is 11.6. The smallest absolute Gasteiger partial charge is 0.406 e. The summed E-state index contributed by atoms with van der Waals surface area (Å²) in [5.41, 5.74) is 0.369. The van der Waals surface area contributed by atoms with Gasteiger partial charge in [-0.2, -0.15) is 0 Å². The van der Waals surface area contributed by atoms with Gasteiger partial charge in [0.25, 0.3) is 11.5 Å². The lowest BCUT2D eigenvalue weighted by atomic mass is 10.1. The van der Waals surface area contributed by atoms with E-state index in [4.69, 9.17) is 4.74 Å². The molecular formula is C22H20F3N3O4. The fraction of sp³-hybridized carbons (Fsp3) is 0.318. The van der Waals surface area contributed by atoms with Gasteiger partial charge in [0.05, 0.1) is 23.6 Å². The van der Waals surface area contributed by atoms with Crippen molar-refractivity contribution in [3.8, 4) is 5.75 Å². The number of nitrogens with one attached hydrogen (secondary N) is 1. The number of aromatic nitrogens is 2. The van der Waals surface area contributed by atoms with E-state index in [-0.39, 0.29) is 30.3 Å².